The molecule has 1 fully saturated rings. The molecule has 1 aliphatic rings. The van der Waals surface area contributed by atoms with Gasteiger partial charge in [0.15, 0.2) is 0 Å². The van der Waals surface area contributed by atoms with Gasteiger partial charge in [0.25, 0.3) is 5.91 Å². The van der Waals surface area contributed by atoms with Crippen molar-refractivity contribution in [2.45, 2.75) is 37.4 Å². The monoisotopic (exact) mass is 339 g/mol. The van der Waals surface area contributed by atoms with Gasteiger partial charge in [-0.2, -0.15) is 0 Å². The Morgan fingerprint density at radius 2 is 2.30 bits per heavy atom. The van der Waals surface area contributed by atoms with E-state index < -0.39 is 0 Å². The molecule has 1 N–H and O–H groups in total. The van der Waals surface area contributed by atoms with Crippen LogP contribution in [-0.2, 0) is 0 Å². The van der Waals surface area contributed by atoms with Crippen LogP contribution in [0.5, 0.6) is 5.75 Å². The Balaban J connectivity index is 1.85. The Morgan fingerprint density at radius 1 is 1.45 bits per heavy atom. The average Bonchev–Trinajstić information content (AvgIpc) is 2.88. The lowest BCUT2D eigenvalue weighted by molar-refractivity contribution is 0.0947. The number of nitrogens with one attached hydrogen (secondary N) is 1. The van der Waals surface area contributed by atoms with E-state index in [1.165, 1.54) is 12.8 Å². The number of benzene rings is 1. The maximum absolute atomic E-state index is 12.1. The van der Waals surface area contributed by atoms with Crippen LogP contribution in [0, 0.1) is 5.92 Å². The highest BCUT2D eigenvalue weighted by molar-refractivity contribution is 9.09. The molecule has 20 heavy (non-hydrogen) atoms. The zero-order valence-electron chi connectivity index (χ0n) is 11.9. The van der Waals surface area contributed by atoms with Gasteiger partial charge in [-0.15, -0.1) is 0 Å². The molecule has 0 bridgehead atoms. The second-order valence-electron chi connectivity index (χ2n) is 5.36. The lowest BCUT2D eigenvalue weighted by Crippen LogP contribution is -2.28. The van der Waals surface area contributed by atoms with E-state index in [0.717, 1.165) is 25.1 Å². The van der Waals surface area contributed by atoms with Gasteiger partial charge < -0.3 is 10.1 Å². The summed E-state index contributed by atoms with van der Waals surface area (Å²) in [4.78, 5) is 12.8. The number of amides is 1. The zero-order valence-corrected chi connectivity index (χ0v) is 13.5. The molecule has 1 amide bonds. The van der Waals surface area contributed by atoms with Crippen LogP contribution in [0.4, 0.5) is 0 Å². The standard InChI is InChI=1S/C16H22BrNO2/c1-2-8-20-15-5-3-4-13(10-15)16(19)18-11-12-6-7-14(17)9-12/h3-5,10,12,14H,2,6-9,11H2,1H3,(H,18,19). The third kappa shape index (κ3) is 4.51. The normalized spacial score (nSPS) is 21.7. The fraction of sp³-hybridized carbons (Fsp3) is 0.562. The topological polar surface area (TPSA) is 38.3 Å². The molecule has 110 valence electrons. The molecule has 0 spiro atoms. The summed E-state index contributed by atoms with van der Waals surface area (Å²) < 4.78 is 5.55. The van der Waals surface area contributed by atoms with Gasteiger partial charge in [-0.3, -0.25) is 4.79 Å². The molecule has 1 aromatic rings. The van der Waals surface area contributed by atoms with E-state index >= 15 is 0 Å². The third-order valence-corrected chi connectivity index (χ3v) is 4.43. The molecule has 0 saturated heterocycles. The summed E-state index contributed by atoms with van der Waals surface area (Å²) in [6.07, 6.45) is 4.52. The second-order valence-corrected chi connectivity index (χ2v) is 6.66. The van der Waals surface area contributed by atoms with Gasteiger partial charge in [0.2, 0.25) is 0 Å². The van der Waals surface area contributed by atoms with Crippen molar-refractivity contribution in [3.63, 3.8) is 0 Å². The van der Waals surface area contributed by atoms with Crippen LogP contribution < -0.4 is 10.1 Å². The highest BCUT2D eigenvalue weighted by Gasteiger charge is 2.22. The van der Waals surface area contributed by atoms with Gasteiger partial charge in [-0.05, 0) is 49.8 Å². The minimum Gasteiger partial charge on any atom is -0.494 e. The van der Waals surface area contributed by atoms with Crippen LogP contribution in [0.15, 0.2) is 24.3 Å². The molecule has 1 aliphatic carbocycles. The molecular weight excluding hydrogens is 318 g/mol. The predicted molar refractivity (Wildman–Crippen MR) is 84.6 cm³/mol. The van der Waals surface area contributed by atoms with Crippen LogP contribution in [0.3, 0.4) is 0 Å². The van der Waals surface area contributed by atoms with E-state index in [9.17, 15) is 4.79 Å². The summed E-state index contributed by atoms with van der Waals surface area (Å²) in [5.41, 5.74) is 0.673. The van der Waals surface area contributed by atoms with E-state index in [1.807, 2.05) is 24.3 Å². The molecule has 2 unspecified atom stereocenters. The first-order valence-electron chi connectivity index (χ1n) is 7.34. The van der Waals surface area contributed by atoms with Crippen LogP contribution >= 0.6 is 15.9 Å². The Kier molecular flexibility index (Phi) is 5.89. The summed E-state index contributed by atoms with van der Waals surface area (Å²) >= 11 is 3.63. The number of alkyl halides is 1. The minimum atomic E-state index is -0.00929. The quantitative estimate of drug-likeness (QED) is 0.801. The minimum absolute atomic E-state index is 0.00929. The van der Waals surface area contributed by atoms with Crippen molar-refractivity contribution in [3.8, 4) is 5.75 Å². The maximum atomic E-state index is 12.1. The molecule has 0 radical (unpaired) electrons. The fourth-order valence-corrected chi connectivity index (χ4v) is 3.28. The molecule has 2 atom stereocenters. The van der Waals surface area contributed by atoms with Gasteiger partial charge in [-0.25, -0.2) is 0 Å². The number of halogens is 1. The molecule has 3 nitrogen and oxygen atoms in total. The first-order valence-corrected chi connectivity index (χ1v) is 8.25. The molecule has 1 saturated carbocycles. The lowest BCUT2D eigenvalue weighted by Gasteiger charge is -2.11. The number of carbonyl (C=O) groups is 1. The van der Waals surface area contributed by atoms with Crippen molar-refractivity contribution in [1.82, 2.24) is 5.32 Å². The third-order valence-electron chi connectivity index (χ3n) is 3.60. The number of hydrogen-bond donors (Lipinski definition) is 1. The van der Waals surface area contributed by atoms with E-state index in [2.05, 4.69) is 28.2 Å². The highest BCUT2D eigenvalue weighted by Crippen LogP contribution is 2.30. The van der Waals surface area contributed by atoms with Gasteiger partial charge in [0.05, 0.1) is 6.61 Å². The highest BCUT2D eigenvalue weighted by atomic mass is 79.9. The summed E-state index contributed by atoms with van der Waals surface area (Å²) in [6, 6.07) is 7.39. The lowest BCUT2D eigenvalue weighted by atomic mass is 10.1. The second kappa shape index (κ2) is 7.67. The molecule has 4 heteroatoms. The molecule has 0 aliphatic heterocycles. The van der Waals surface area contributed by atoms with Crippen LogP contribution in [0.2, 0.25) is 0 Å². The first-order chi connectivity index (χ1) is 9.69. The average molecular weight is 340 g/mol. The maximum Gasteiger partial charge on any atom is 0.251 e. The summed E-state index contributed by atoms with van der Waals surface area (Å²) in [6.45, 7) is 3.51. The smallest absolute Gasteiger partial charge is 0.251 e. The predicted octanol–water partition coefficient (Wildman–Crippen LogP) is 3.77. The first kappa shape index (κ1) is 15.4. The SMILES string of the molecule is CCCOc1cccc(C(=O)NCC2CCC(Br)C2)c1. The van der Waals surface area contributed by atoms with Crippen LogP contribution in [0.25, 0.3) is 0 Å². The van der Waals surface area contributed by atoms with E-state index in [4.69, 9.17) is 4.74 Å². The summed E-state index contributed by atoms with van der Waals surface area (Å²) in [5.74, 6) is 1.36. The van der Waals surface area contributed by atoms with Crippen molar-refractivity contribution in [2.75, 3.05) is 13.2 Å². The van der Waals surface area contributed by atoms with Crippen LogP contribution in [0.1, 0.15) is 43.0 Å². The molecule has 0 heterocycles. The molecule has 1 aromatic carbocycles. The van der Waals surface area contributed by atoms with Crippen molar-refractivity contribution in [1.29, 1.82) is 0 Å². The van der Waals surface area contributed by atoms with Crippen molar-refractivity contribution < 1.29 is 9.53 Å². The van der Waals surface area contributed by atoms with E-state index in [0.29, 0.717) is 22.9 Å². The Labute approximate surface area is 129 Å². The number of carbonyl (C=O) groups excluding carboxylic acids is 1. The van der Waals surface area contributed by atoms with Gasteiger partial charge in [0, 0.05) is 16.9 Å². The van der Waals surface area contributed by atoms with Gasteiger partial charge in [-0.1, -0.05) is 28.9 Å². The Hall–Kier alpha value is -1.03. The van der Waals surface area contributed by atoms with Gasteiger partial charge >= 0.3 is 0 Å². The van der Waals surface area contributed by atoms with E-state index in [1.54, 1.807) is 0 Å². The van der Waals surface area contributed by atoms with Crippen molar-refractivity contribution >= 4 is 21.8 Å². The summed E-state index contributed by atoms with van der Waals surface area (Å²) in [7, 11) is 0. The molecule has 0 aromatic heterocycles. The Bertz CT molecular complexity index is 450. The largest absolute Gasteiger partial charge is 0.494 e. The fourth-order valence-electron chi connectivity index (χ4n) is 2.49. The van der Waals surface area contributed by atoms with Crippen molar-refractivity contribution in [2.24, 2.45) is 5.92 Å². The summed E-state index contributed by atoms with van der Waals surface area (Å²) in [5, 5.41) is 3.03. The zero-order chi connectivity index (χ0) is 14.4. The van der Waals surface area contributed by atoms with Crippen LogP contribution in [-0.4, -0.2) is 23.9 Å². The molecular formula is C16H22BrNO2. The number of hydrogen-bond acceptors (Lipinski definition) is 2. The number of rotatable bonds is 6. The number of ether oxygens (including phenoxy) is 1. The Morgan fingerprint density at radius 3 is 3.00 bits per heavy atom. The molecule has 2 rings (SSSR count). The van der Waals surface area contributed by atoms with E-state index in [-0.39, 0.29) is 5.91 Å². The van der Waals surface area contributed by atoms with Gasteiger partial charge in [0.1, 0.15) is 5.75 Å². The van der Waals surface area contributed by atoms with Crippen molar-refractivity contribution in [3.05, 3.63) is 29.8 Å².